The Bertz CT molecular complexity index is 560. The maximum absolute atomic E-state index is 12.2. The topological polar surface area (TPSA) is 55.1 Å². The zero-order chi connectivity index (χ0) is 14.7. The highest BCUT2D eigenvalue weighted by Crippen LogP contribution is 2.32. The molecule has 1 aromatic heterocycles. The Morgan fingerprint density at radius 1 is 1.15 bits per heavy atom. The molecule has 0 atom stereocenters. The highest BCUT2D eigenvalue weighted by Gasteiger charge is 2.17. The van der Waals surface area contributed by atoms with Gasteiger partial charge < -0.3 is 9.84 Å². The Morgan fingerprint density at radius 2 is 1.75 bits per heavy atom. The van der Waals surface area contributed by atoms with Gasteiger partial charge in [-0.15, -0.1) is 0 Å². The summed E-state index contributed by atoms with van der Waals surface area (Å²) in [5.41, 5.74) is 3.61. The van der Waals surface area contributed by atoms with Gasteiger partial charge in [0, 0.05) is 5.69 Å². The third-order valence-electron chi connectivity index (χ3n) is 3.31. The molecule has 0 unspecified atom stereocenters. The van der Waals surface area contributed by atoms with Gasteiger partial charge in [-0.2, -0.15) is 0 Å². The third-order valence-corrected chi connectivity index (χ3v) is 3.31. The molecule has 20 heavy (non-hydrogen) atoms. The maximum Gasteiger partial charge on any atom is 0.260 e. The number of amides is 1. The van der Waals surface area contributed by atoms with Crippen LogP contribution in [0.1, 0.15) is 61.0 Å². The van der Waals surface area contributed by atoms with Crippen LogP contribution in [-0.2, 0) is 0 Å². The van der Waals surface area contributed by atoms with Crippen LogP contribution >= 0.6 is 0 Å². The lowest BCUT2D eigenvalue weighted by Gasteiger charge is -2.19. The number of anilines is 1. The standard InChI is InChI=1S/C16H20N2O2/c1-10(2)13-6-5-7-14(11(3)4)15(13)18-16(19)12-8-17-20-9-12/h5-11H,1-4H3,(H,18,19). The van der Waals surface area contributed by atoms with E-state index in [2.05, 4.69) is 50.3 Å². The lowest BCUT2D eigenvalue weighted by atomic mass is 9.92. The first-order chi connectivity index (χ1) is 9.50. The minimum absolute atomic E-state index is 0.193. The van der Waals surface area contributed by atoms with Crippen molar-refractivity contribution in [3.8, 4) is 0 Å². The Morgan fingerprint density at radius 3 is 2.20 bits per heavy atom. The van der Waals surface area contributed by atoms with Crippen LogP contribution in [0.4, 0.5) is 5.69 Å². The number of hydrogen-bond acceptors (Lipinski definition) is 3. The second kappa shape index (κ2) is 5.90. The molecule has 0 fully saturated rings. The van der Waals surface area contributed by atoms with E-state index in [4.69, 9.17) is 4.52 Å². The largest absolute Gasteiger partial charge is 0.364 e. The first-order valence-electron chi connectivity index (χ1n) is 6.84. The van der Waals surface area contributed by atoms with Crippen molar-refractivity contribution in [2.24, 2.45) is 0 Å². The van der Waals surface area contributed by atoms with E-state index >= 15 is 0 Å². The van der Waals surface area contributed by atoms with Crippen LogP contribution < -0.4 is 5.32 Å². The third kappa shape index (κ3) is 2.90. The summed E-state index contributed by atoms with van der Waals surface area (Å²) in [4.78, 5) is 12.2. The minimum atomic E-state index is -0.193. The van der Waals surface area contributed by atoms with E-state index in [9.17, 15) is 4.79 Å². The number of benzene rings is 1. The first kappa shape index (κ1) is 14.3. The van der Waals surface area contributed by atoms with E-state index in [1.165, 1.54) is 12.5 Å². The van der Waals surface area contributed by atoms with Crippen molar-refractivity contribution in [1.29, 1.82) is 0 Å². The van der Waals surface area contributed by atoms with E-state index < -0.39 is 0 Å². The molecule has 0 saturated heterocycles. The van der Waals surface area contributed by atoms with Crippen LogP contribution in [-0.4, -0.2) is 11.1 Å². The van der Waals surface area contributed by atoms with Crippen molar-refractivity contribution in [2.75, 3.05) is 5.32 Å². The number of para-hydroxylation sites is 1. The van der Waals surface area contributed by atoms with Gasteiger partial charge in [-0.25, -0.2) is 0 Å². The van der Waals surface area contributed by atoms with Gasteiger partial charge in [0.05, 0.1) is 11.8 Å². The van der Waals surface area contributed by atoms with Crippen molar-refractivity contribution in [3.63, 3.8) is 0 Å². The van der Waals surface area contributed by atoms with Crippen LogP contribution in [0.3, 0.4) is 0 Å². The molecule has 0 aliphatic rings. The number of aromatic nitrogens is 1. The van der Waals surface area contributed by atoms with Gasteiger partial charge in [0.2, 0.25) is 0 Å². The summed E-state index contributed by atoms with van der Waals surface area (Å²) < 4.78 is 4.72. The van der Waals surface area contributed by atoms with E-state index in [1.54, 1.807) is 0 Å². The molecule has 1 aromatic carbocycles. The van der Waals surface area contributed by atoms with Crippen LogP contribution in [0.15, 0.2) is 35.2 Å². The molecule has 0 bridgehead atoms. The number of nitrogens with zero attached hydrogens (tertiary/aromatic N) is 1. The van der Waals surface area contributed by atoms with Gasteiger partial charge in [0.1, 0.15) is 6.26 Å². The predicted molar refractivity (Wildman–Crippen MR) is 79.1 cm³/mol. The first-order valence-corrected chi connectivity index (χ1v) is 6.84. The Hall–Kier alpha value is -2.10. The summed E-state index contributed by atoms with van der Waals surface area (Å²) in [6, 6.07) is 6.15. The summed E-state index contributed by atoms with van der Waals surface area (Å²) in [5.74, 6) is 0.485. The second-order valence-electron chi connectivity index (χ2n) is 5.49. The van der Waals surface area contributed by atoms with Gasteiger partial charge in [-0.1, -0.05) is 51.1 Å². The zero-order valence-electron chi connectivity index (χ0n) is 12.3. The summed E-state index contributed by atoms with van der Waals surface area (Å²) in [5, 5.41) is 6.57. The summed E-state index contributed by atoms with van der Waals surface area (Å²) in [6.45, 7) is 8.48. The van der Waals surface area contributed by atoms with Gasteiger partial charge in [-0.05, 0) is 23.0 Å². The fourth-order valence-corrected chi connectivity index (χ4v) is 2.20. The Balaban J connectivity index is 2.40. The van der Waals surface area contributed by atoms with Gasteiger partial charge in [0.15, 0.2) is 0 Å². The molecular formula is C16H20N2O2. The molecule has 0 radical (unpaired) electrons. The average molecular weight is 272 g/mol. The van der Waals surface area contributed by atoms with E-state index in [0.29, 0.717) is 17.4 Å². The highest BCUT2D eigenvalue weighted by atomic mass is 16.5. The number of carbonyl (C=O) groups excluding carboxylic acids is 1. The SMILES string of the molecule is CC(C)c1cccc(C(C)C)c1NC(=O)c1cnoc1. The molecule has 0 aliphatic heterocycles. The Labute approximate surface area is 119 Å². The maximum atomic E-state index is 12.2. The number of rotatable bonds is 4. The Kier molecular flexibility index (Phi) is 4.23. The average Bonchev–Trinajstić information content (AvgIpc) is 2.92. The quantitative estimate of drug-likeness (QED) is 0.908. The zero-order valence-corrected chi connectivity index (χ0v) is 12.3. The van der Waals surface area contributed by atoms with Crippen molar-refractivity contribution in [2.45, 2.75) is 39.5 Å². The number of hydrogen-bond donors (Lipinski definition) is 1. The molecule has 4 nitrogen and oxygen atoms in total. The van der Waals surface area contributed by atoms with E-state index in [0.717, 1.165) is 16.8 Å². The molecular weight excluding hydrogens is 252 g/mol. The fourth-order valence-electron chi connectivity index (χ4n) is 2.20. The monoisotopic (exact) mass is 272 g/mol. The van der Waals surface area contributed by atoms with Gasteiger partial charge in [-0.3, -0.25) is 4.79 Å². The number of carbonyl (C=O) groups is 1. The van der Waals surface area contributed by atoms with E-state index in [-0.39, 0.29) is 5.91 Å². The van der Waals surface area contributed by atoms with Crippen molar-refractivity contribution >= 4 is 11.6 Å². The molecule has 1 N–H and O–H groups in total. The fraction of sp³-hybridized carbons (Fsp3) is 0.375. The molecule has 106 valence electrons. The van der Waals surface area contributed by atoms with Crippen LogP contribution in [0.5, 0.6) is 0 Å². The van der Waals surface area contributed by atoms with Crippen molar-refractivity contribution in [1.82, 2.24) is 5.16 Å². The number of nitrogens with one attached hydrogen (secondary N) is 1. The van der Waals surface area contributed by atoms with Crippen molar-refractivity contribution < 1.29 is 9.32 Å². The molecule has 0 aliphatic carbocycles. The van der Waals surface area contributed by atoms with E-state index in [1.807, 2.05) is 6.07 Å². The smallest absolute Gasteiger partial charge is 0.260 e. The molecule has 1 amide bonds. The van der Waals surface area contributed by atoms with Crippen LogP contribution in [0.2, 0.25) is 0 Å². The predicted octanol–water partition coefficient (Wildman–Crippen LogP) is 4.17. The summed E-state index contributed by atoms with van der Waals surface area (Å²) in [6.07, 6.45) is 2.77. The lowest BCUT2D eigenvalue weighted by molar-refractivity contribution is 0.102. The van der Waals surface area contributed by atoms with Gasteiger partial charge in [0.25, 0.3) is 5.91 Å². The van der Waals surface area contributed by atoms with Crippen molar-refractivity contribution in [3.05, 3.63) is 47.3 Å². The van der Waals surface area contributed by atoms with Crippen LogP contribution in [0.25, 0.3) is 0 Å². The molecule has 0 spiro atoms. The lowest BCUT2D eigenvalue weighted by Crippen LogP contribution is -2.15. The summed E-state index contributed by atoms with van der Waals surface area (Å²) >= 11 is 0. The molecule has 2 rings (SSSR count). The van der Waals surface area contributed by atoms with Crippen LogP contribution in [0, 0.1) is 0 Å². The molecule has 1 heterocycles. The summed E-state index contributed by atoms with van der Waals surface area (Å²) in [7, 11) is 0. The highest BCUT2D eigenvalue weighted by molar-refractivity contribution is 6.04. The minimum Gasteiger partial charge on any atom is -0.364 e. The second-order valence-corrected chi connectivity index (χ2v) is 5.49. The molecule has 2 aromatic rings. The normalized spacial score (nSPS) is 11.1. The molecule has 0 saturated carbocycles. The molecule has 4 heteroatoms. The van der Waals surface area contributed by atoms with Gasteiger partial charge >= 0.3 is 0 Å².